The summed E-state index contributed by atoms with van der Waals surface area (Å²) in [6.07, 6.45) is 4.09. The van der Waals surface area contributed by atoms with E-state index in [9.17, 15) is 4.79 Å². The van der Waals surface area contributed by atoms with Crippen molar-refractivity contribution in [1.29, 1.82) is 0 Å². The monoisotopic (exact) mass is 436 g/mol. The molecule has 110 valence electrons. The molecule has 0 atom stereocenters. The third-order valence-corrected chi connectivity index (χ3v) is 4.15. The van der Waals surface area contributed by atoms with Gasteiger partial charge in [0.2, 0.25) is 5.91 Å². The molecule has 4 nitrogen and oxygen atoms in total. The standard InChI is InChI=1S/C14H26N3O.W/c1-13-4-9-17(10-5-13)14(18)3-2-8-16-11-6-15-7-12-16;/h13H,2-12H2,1H3;/q-1;. The number of carbonyl (C=O) groups excluding carboxylic acids is 1. The third kappa shape index (κ3) is 5.93. The molecule has 0 spiro atoms. The summed E-state index contributed by atoms with van der Waals surface area (Å²) < 4.78 is 0. The average Bonchev–Trinajstić information content (AvgIpc) is 2.40. The number of hydrogen-bond acceptors (Lipinski definition) is 2. The van der Waals surface area contributed by atoms with Crippen molar-refractivity contribution in [2.75, 3.05) is 45.8 Å². The summed E-state index contributed by atoms with van der Waals surface area (Å²) in [5.74, 6) is 1.16. The summed E-state index contributed by atoms with van der Waals surface area (Å²) in [5, 5.41) is 4.33. The van der Waals surface area contributed by atoms with Gasteiger partial charge in [-0.25, -0.2) is 0 Å². The van der Waals surface area contributed by atoms with E-state index >= 15 is 0 Å². The van der Waals surface area contributed by atoms with Gasteiger partial charge in [-0.05, 0) is 44.8 Å². The van der Waals surface area contributed by atoms with Crippen molar-refractivity contribution in [3.05, 3.63) is 5.32 Å². The van der Waals surface area contributed by atoms with Crippen LogP contribution >= 0.6 is 0 Å². The molecule has 0 N–H and O–H groups in total. The van der Waals surface area contributed by atoms with Crippen LogP contribution in [0.5, 0.6) is 0 Å². The fourth-order valence-corrected chi connectivity index (χ4v) is 2.74. The van der Waals surface area contributed by atoms with Crippen molar-refractivity contribution in [1.82, 2.24) is 9.80 Å². The van der Waals surface area contributed by atoms with Crippen LogP contribution in [-0.2, 0) is 25.9 Å². The Bertz CT molecular complexity index is 261. The van der Waals surface area contributed by atoms with Crippen molar-refractivity contribution in [2.24, 2.45) is 5.92 Å². The first kappa shape index (κ1) is 17.1. The van der Waals surface area contributed by atoms with E-state index in [-0.39, 0.29) is 21.1 Å². The number of amides is 1. The minimum absolute atomic E-state index is 0. The Balaban J connectivity index is 0.00000180. The normalized spacial score (nSPS) is 22.1. The van der Waals surface area contributed by atoms with Crippen LogP contribution in [0.25, 0.3) is 5.32 Å². The molecular weight excluding hydrogens is 410 g/mol. The molecule has 0 unspecified atom stereocenters. The molecule has 2 saturated heterocycles. The van der Waals surface area contributed by atoms with Crippen molar-refractivity contribution < 1.29 is 25.9 Å². The summed E-state index contributed by atoms with van der Waals surface area (Å²) in [6, 6.07) is 0. The van der Waals surface area contributed by atoms with E-state index in [1.165, 1.54) is 12.8 Å². The van der Waals surface area contributed by atoms with Gasteiger partial charge >= 0.3 is 0 Å². The van der Waals surface area contributed by atoms with Gasteiger partial charge < -0.3 is 15.1 Å². The number of hydrogen-bond donors (Lipinski definition) is 0. The molecule has 2 aliphatic rings. The second kappa shape index (κ2) is 9.09. The summed E-state index contributed by atoms with van der Waals surface area (Å²) in [5.41, 5.74) is 0. The van der Waals surface area contributed by atoms with Crippen LogP contribution in [0.15, 0.2) is 0 Å². The third-order valence-electron chi connectivity index (χ3n) is 4.15. The molecule has 0 aromatic rings. The zero-order chi connectivity index (χ0) is 12.8. The second-order valence-corrected chi connectivity index (χ2v) is 5.68. The summed E-state index contributed by atoms with van der Waals surface area (Å²) in [7, 11) is 0. The van der Waals surface area contributed by atoms with E-state index in [0.29, 0.717) is 5.91 Å². The Hall–Kier alpha value is 0.0783. The number of rotatable bonds is 4. The molecule has 0 aromatic heterocycles. The second-order valence-electron chi connectivity index (χ2n) is 5.68. The van der Waals surface area contributed by atoms with E-state index < -0.39 is 0 Å². The van der Waals surface area contributed by atoms with Crippen molar-refractivity contribution in [3.8, 4) is 0 Å². The predicted octanol–water partition coefficient (Wildman–Crippen LogP) is 1.71. The molecule has 19 heavy (non-hydrogen) atoms. The van der Waals surface area contributed by atoms with E-state index in [1.54, 1.807) is 0 Å². The SMILES string of the molecule is CC1CCN(C(=O)CCCN2CC[N-]CC2)CC1.[W]. The molecule has 0 saturated carbocycles. The van der Waals surface area contributed by atoms with Crippen molar-refractivity contribution in [2.45, 2.75) is 32.6 Å². The Kier molecular flexibility index (Phi) is 8.20. The zero-order valence-corrected chi connectivity index (χ0v) is 14.9. The van der Waals surface area contributed by atoms with Gasteiger partial charge in [0.15, 0.2) is 0 Å². The molecule has 0 bridgehead atoms. The minimum Gasteiger partial charge on any atom is -0.660 e. The van der Waals surface area contributed by atoms with Crippen LogP contribution in [0.4, 0.5) is 0 Å². The average molecular weight is 436 g/mol. The summed E-state index contributed by atoms with van der Waals surface area (Å²) in [6.45, 7) is 9.39. The molecule has 1 amide bonds. The first-order chi connectivity index (χ1) is 8.75. The smallest absolute Gasteiger partial charge is 0.222 e. The van der Waals surface area contributed by atoms with Gasteiger partial charge in [-0.3, -0.25) is 4.79 Å². The molecule has 0 aliphatic carbocycles. The summed E-state index contributed by atoms with van der Waals surface area (Å²) in [4.78, 5) is 16.5. The Morgan fingerprint density at radius 2 is 1.79 bits per heavy atom. The topological polar surface area (TPSA) is 37.7 Å². The molecular formula is C14H26N3OW-. The maximum absolute atomic E-state index is 12.0. The van der Waals surface area contributed by atoms with Gasteiger partial charge in [-0.1, -0.05) is 6.92 Å². The van der Waals surface area contributed by atoms with Crippen LogP contribution in [0.2, 0.25) is 0 Å². The van der Waals surface area contributed by atoms with Gasteiger partial charge in [0.05, 0.1) is 0 Å². The number of carbonyl (C=O) groups is 1. The molecule has 0 aromatic carbocycles. The van der Waals surface area contributed by atoms with Gasteiger partial charge in [0.25, 0.3) is 0 Å². The molecule has 2 heterocycles. The van der Waals surface area contributed by atoms with E-state index in [4.69, 9.17) is 0 Å². The van der Waals surface area contributed by atoms with E-state index in [2.05, 4.69) is 22.0 Å². The minimum atomic E-state index is 0. The van der Waals surface area contributed by atoms with Crippen LogP contribution in [0.3, 0.4) is 0 Å². The van der Waals surface area contributed by atoms with Crippen molar-refractivity contribution in [3.63, 3.8) is 0 Å². The fourth-order valence-electron chi connectivity index (χ4n) is 2.74. The zero-order valence-electron chi connectivity index (χ0n) is 12.0. The molecule has 2 aliphatic heterocycles. The number of piperidine rings is 1. The fraction of sp³-hybridized carbons (Fsp3) is 0.929. The van der Waals surface area contributed by atoms with Gasteiger partial charge in [-0.2, -0.15) is 0 Å². The van der Waals surface area contributed by atoms with Gasteiger partial charge in [0.1, 0.15) is 0 Å². The van der Waals surface area contributed by atoms with Crippen LogP contribution in [-0.4, -0.2) is 61.5 Å². The van der Waals surface area contributed by atoms with Crippen LogP contribution < -0.4 is 0 Å². The van der Waals surface area contributed by atoms with Crippen molar-refractivity contribution >= 4 is 5.91 Å². The quantitative estimate of drug-likeness (QED) is 0.674. The molecule has 0 radical (unpaired) electrons. The number of piperazine rings is 1. The van der Waals surface area contributed by atoms with E-state index in [0.717, 1.165) is 64.6 Å². The first-order valence-electron chi connectivity index (χ1n) is 7.39. The van der Waals surface area contributed by atoms with Crippen LogP contribution in [0.1, 0.15) is 32.6 Å². The first-order valence-corrected chi connectivity index (χ1v) is 7.39. The summed E-state index contributed by atoms with van der Waals surface area (Å²) >= 11 is 0. The Morgan fingerprint density at radius 1 is 1.16 bits per heavy atom. The maximum Gasteiger partial charge on any atom is 0.222 e. The van der Waals surface area contributed by atoms with E-state index in [1.807, 2.05) is 0 Å². The molecule has 5 heteroatoms. The number of nitrogens with zero attached hydrogens (tertiary/aromatic N) is 3. The Labute approximate surface area is 131 Å². The molecule has 2 rings (SSSR count). The Morgan fingerprint density at radius 3 is 2.42 bits per heavy atom. The molecule has 2 fully saturated rings. The predicted molar refractivity (Wildman–Crippen MR) is 73.7 cm³/mol. The maximum atomic E-state index is 12.0. The number of likely N-dealkylation sites (tertiary alicyclic amines) is 1. The van der Waals surface area contributed by atoms with Crippen LogP contribution in [0, 0.1) is 5.92 Å². The van der Waals surface area contributed by atoms with Gasteiger partial charge in [-0.15, -0.1) is 13.1 Å². The largest absolute Gasteiger partial charge is 0.660 e. The van der Waals surface area contributed by atoms with Gasteiger partial charge in [0, 0.05) is 40.6 Å².